The smallest absolute Gasteiger partial charge is 0.296 e. The van der Waals surface area contributed by atoms with Gasteiger partial charge in [0.15, 0.2) is 5.78 Å². The zero-order valence-corrected chi connectivity index (χ0v) is 34.0. The first kappa shape index (κ1) is 43.2. The van der Waals surface area contributed by atoms with Crippen molar-refractivity contribution in [1.82, 2.24) is 10.2 Å². The summed E-state index contributed by atoms with van der Waals surface area (Å²) < 4.78 is 42.2. The lowest BCUT2D eigenvalue weighted by Crippen LogP contribution is -2.46. The molecule has 10 nitrogen and oxygen atoms in total. The summed E-state index contributed by atoms with van der Waals surface area (Å²) in [5, 5.41) is 3.09. The van der Waals surface area contributed by atoms with Gasteiger partial charge in [0, 0.05) is 37.8 Å². The molecule has 3 aromatic rings. The van der Waals surface area contributed by atoms with Crippen LogP contribution in [0.2, 0.25) is 0 Å². The minimum Gasteiger partial charge on any atom is -0.489 e. The SMILES string of the molecule is Cc1ccc(S(=O)(=O)OCCCC[C@H](NC(=O)[C@H](CCN2CCOCC2)CC(=O)C(C)Cc2cccc(OCc3ccccc3)c2)C(=O)CC2CCCC2)cc1. The summed E-state index contributed by atoms with van der Waals surface area (Å²) in [6.45, 7) is 7.68. The molecule has 1 heterocycles. The molecular weight excluding hydrogens is 729 g/mol. The first-order valence-electron chi connectivity index (χ1n) is 20.4. The summed E-state index contributed by atoms with van der Waals surface area (Å²) in [5.74, 6) is -0.152. The van der Waals surface area contributed by atoms with E-state index in [1.807, 2.05) is 68.4 Å². The van der Waals surface area contributed by atoms with Gasteiger partial charge in [0.1, 0.15) is 18.1 Å². The van der Waals surface area contributed by atoms with E-state index in [1.54, 1.807) is 12.1 Å². The second-order valence-corrected chi connectivity index (χ2v) is 17.2. The molecule has 0 bridgehead atoms. The quantitative estimate of drug-likeness (QED) is 0.0780. The predicted molar refractivity (Wildman–Crippen MR) is 217 cm³/mol. The highest BCUT2D eigenvalue weighted by molar-refractivity contribution is 7.86. The lowest BCUT2D eigenvalue weighted by molar-refractivity contribution is -0.133. The summed E-state index contributed by atoms with van der Waals surface area (Å²) in [7, 11) is -3.90. The average Bonchev–Trinajstić information content (AvgIpc) is 3.72. The number of morpholine rings is 1. The molecule has 1 unspecified atom stereocenters. The third kappa shape index (κ3) is 14.2. The second-order valence-electron chi connectivity index (χ2n) is 15.6. The van der Waals surface area contributed by atoms with Crippen molar-refractivity contribution < 1.29 is 36.5 Å². The van der Waals surface area contributed by atoms with E-state index in [0.29, 0.717) is 70.8 Å². The monoisotopic (exact) mass is 788 g/mol. The highest BCUT2D eigenvalue weighted by atomic mass is 32.2. The van der Waals surface area contributed by atoms with Crippen molar-refractivity contribution in [3.63, 3.8) is 0 Å². The molecular formula is C45H60N2O8S. The number of nitrogens with one attached hydrogen (secondary N) is 1. The highest BCUT2D eigenvalue weighted by Crippen LogP contribution is 2.29. The lowest BCUT2D eigenvalue weighted by Gasteiger charge is -2.29. The van der Waals surface area contributed by atoms with E-state index in [9.17, 15) is 22.8 Å². The van der Waals surface area contributed by atoms with Crippen molar-refractivity contribution in [2.75, 3.05) is 39.5 Å². The van der Waals surface area contributed by atoms with Gasteiger partial charge in [-0.05, 0) is 86.9 Å². The van der Waals surface area contributed by atoms with Crippen LogP contribution in [0.1, 0.15) is 87.8 Å². The fraction of sp³-hybridized carbons (Fsp3) is 0.533. The number of rotatable bonds is 23. The van der Waals surface area contributed by atoms with Crippen molar-refractivity contribution in [2.45, 2.75) is 102 Å². The van der Waals surface area contributed by atoms with Crippen LogP contribution in [0.15, 0.2) is 83.8 Å². The third-order valence-electron chi connectivity index (χ3n) is 11.1. The summed E-state index contributed by atoms with van der Waals surface area (Å²) in [5.41, 5.74) is 3.01. The van der Waals surface area contributed by atoms with Crippen molar-refractivity contribution in [3.05, 3.63) is 95.6 Å². The maximum Gasteiger partial charge on any atom is 0.296 e. The van der Waals surface area contributed by atoms with Crippen LogP contribution in [0.3, 0.4) is 0 Å². The Balaban J connectivity index is 1.20. The Bertz CT molecular complexity index is 1790. The molecule has 3 aromatic carbocycles. The number of nitrogens with zero attached hydrogens (tertiary/aromatic N) is 1. The van der Waals surface area contributed by atoms with Crippen molar-refractivity contribution in [3.8, 4) is 5.75 Å². The molecule has 11 heteroatoms. The number of aryl methyl sites for hydroxylation is 1. The molecule has 1 aliphatic heterocycles. The van der Waals surface area contributed by atoms with E-state index in [1.165, 1.54) is 12.1 Å². The van der Waals surface area contributed by atoms with Crippen LogP contribution in [0.4, 0.5) is 0 Å². The Kier molecular flexibility index (Phi) is 17.1. The molecule has 0 radical (unpaired) electrons. The van der Waals surface area contributed by atoms with E-state index < -0.39 is 22.1 Å². The maximum atomic E-state index is 14.1. The van der Waals surface area contributed by atoms with E-state index in [0.717, 1.165) is 61.2 Å². The van der Waals surface area contributed by atoms with Crippen LogP contribution in [-0.4, -0.2) is 76.3 Å². The number of benzene rings is 3. The number of amides is 1. The Morgan fingerprint density at radius 3 is 2.32 bits per heavy atom. The zero-order chi connectivity index (χ0) is 39.8. The molecule has 304 valence electrons. The van der Waals surface area contributed by atoms with Crippen LogP contribution in [-0.2, 0) is 46.4 Å². The van der Waals surface area contributed by atoms with Gasteiger partial charge in [-0.3, -0.25) is 23.5 Å². The van der Waals surface area contributed by atoms with Crippen molar-refractivity contribution in [1.29, 1.82) is 0 Å². The molecule has 1 saturated carbocycles. The molecule has 5 rings (SSSR count). The molecule has 0 aromatic heterocycles. The van der Waals surface area contributed by atoms with Crippen molar-refractivity contribution in [2.24, 2.45) is 17.8 Å². The van der Waals surface area contributed by atoms with Gasteiger partial charge < -0.3 is 14.8 Å². The van der Waals surface area contributed by atoms with Crippen LogP contribution >= 0.6 is 0 Å². The summed E-state index contributed by atoms with van der Waals surface area (Å²) in [6, 6.07) is 23.6. The van der Waals surface area contributed by atoms with E-state index in [-0.39, 0.29) is 41.3 Å². The Labute approximate surface area is 333 Å². The molecule has 0 spiro atoms. The van der Waals surface area contributed by atoms with Crippen LogP contribution in [0, 0.1) is 24.7 Å². The third-order valence-corrected chi connectivity index (χ3v) is 12.4. The topological polar surface area (TPSA) is 128 Å². The molecule has 1 aliphatic carbocycles. The standard InChI is InChI=1S/C45H60N2O8S/c1-34-18-20-41(21-19-34)56(51,52)55-26-9-8-17-42(44(49)31-36-11-6-7-12-36)46-45(50)39(22-23-47-24-27-53-28-25-47)32-43(48)35(2)29-38-15-10-16-40(30-38)54-33-37-13-4-3-5-14-37/h3-5,10,13-16,18-21,30,35-36,39,42H,6-9,11-12,17,22-29,31-33H2,1-2H3,(H,46,50)/t35?,39-,42+/m1/s1. The number of ether oxygens (including phenoxy) is 2. The highest BCUT2D eigenvalue weighted by Gasteiger charge is 2.31. The maximum absolute atomic E-state index is 14.1. The molecule has 2 aliphatic rings. The Morgan fingerprint density at radius 2 is 1.59 bits per heavy atom. The summed E-state index contributed by atoms with van der Waals surface area (Å²) in [4.78, 5) is 44.1. The second kappa shape index (κ2) is 22.1. The first-order valence-corrected chi connectivity index (χ1v) is 21.8. The van der Waals surface area contributed by atoms with Crippen LogP contribution in [0.5, 0.6) is 5.75 Å². The van der Waals surface area contributed by atoms with E-state index >= 15 is 0 Å². The average molecular weight is 789 g/mol. The number of hydrogen-bond acceptors (Lipinski definition) is 9. The molecule has 1 saturated heterocycles. The van der Waals surface area contributed by atoms with Gasteiger partial charge in [-0.1, -0.05) is 92.8 Å². The van der Waals surface area contributed by atoms with Gasteiger partial charge in [0.05, 0.1) is 30.8 Å². The number of Topliss-reactive ketones (excluding diaryl/α,β-unsaturated/α-hetero) is 2. The van der Waals surface area contributed by atoms with Crippen molar-refractivity contribution >= 4 is 27.6 Å². The van der Waals surface area contributed by atoms with Gasteiger partial charge in [-0.2, -0.15) is 8.42 Å². The van der Waals surface area contributed by atoms with Crippen LogP contribution in [0.25, 0.3) is 0 Å². The van der Waals surface area contributed by atoms with E-state index in [4.69, 9.17) is 13.7 Å². The predicted octanol–water partition coefficient (Wildman–Crippen LogP) is 7.26. The Morgan fingerprint density at radius 1 is 0.875 bits per heavy atom. The number of ketones is 2. The molecule has 56 heavy (non-hydrogen) atoms. The lowest BCUT2D eigenvalue weighted by atomic mass is 9.88. The number of carbonyl (C=O) groups excluding carboxylic acids is 3. The number of hydrogen-bond donors (Lipinski definition) is 1. The van der Waals surface area contributed by atoms with E-state index in [2.05, 4.69) is 10.2 Å². The minimum atomic E-state index is -3.90. The summed E-state index contributed by atoms with van der Waals surface area (Å²) in [6.07, 6.45) is 6.99. The molecule has 1 N–H and O–H groups in total. The molecule has 3 atom stereocenters. The summed E-state index contributed by atoms with van der Waals surface area (Å²) >= 11 is 0. The van der Waals surface area contributed by atoms with Crippen LogP contribution < -0.4 is 10.1 Å². The number of carbonyl (C=O) groups is 3. The largest absolute Gasteiger partial charge is 0.489 e. The normalized spacial score (nSPS) is 16.9. The number of unbranched alkanes of at least 4 members (excludes halogenated alkanes) is 1. The van der Waals surface area contributed by atoms with Gasteiger partial charge in [0.2, 0.25) is 5.91 Å². The Hall–Kier alpha value is -3.90. The fourth-order valence-electron chi connectivity index (χ4n) is 7.54. The van der Waals surface area contributed by atoms with Gasteiger partial charge in [-0.25, -0.2) is 0 Å². The minimum absolute atomic E-state index is 0.000524. The molecule has 2 fully saturated rings. The fourth-order valence-corrected chi connectivity index (χ4v) is 8.48. The van der Waals surface area contributed by atoms with Gasteiger partial charge >= 0.3 is 0 Å². The zero-order valence-electron chi connectivity index (χ0n) is 33.2. The van der Waals surface area contributed by atoms with Gasteiger partial charge in [-0.15, -0.1) is 0 Å². The first-order chi connectivity index (χ1) is 27.1. The molecule has 1 amide bonds. The van der Waals surface area contributed by atoms with Gasteiger partial charge in [0.25, 0.3) is 10.1 Å².